The average Bonchev–Trinajstić information content (AvgIpc) is 3.53. The Morgan fingerprint density at radius 1 is 1.03 bits per heavy atom. The van der Waals surface area contributed by atoms with Crippen molar-refractivity contribution in [3.8, 4) is 0 Å². The van der Waals surface area contributed by atoms with Gasteiger partial charge in [-0.15, -0.1) is 0 Å². The number of hydrogen-bond acceptors (Lipinski definition) is 10. The van der Waals surface area contributed by atoms with E-state index in [0.717, 1.165) is 22.7 Å². The van der Waals surface area contributed by atoms with Gasteiger partial charge in [0.25, 0.3) is 0 Å². The van der Waals surface area contributed by atoms with Crippen molar-refractivity contribution in [2.45, 2.75) is 50.9 Å². The molecular weight excluding hydrogens is 512 g/mol. The second-order valence-corrected chi connectivity index (χ2v) is 10.2. The minimum Gasteiger partial charge on any atom is -0.476 e. The number of ether oxygens (including phenoxy) is 2. The van der Waals surface area contributed by atoms with Crippen molar-refractivity contribution in [3.05, 3.63) is 77.6 Å². The van der Waals surface area contributed by atoms with Crippen molar-refractivity contribution < 1.29 is 33.8 Å². The first-order valence-corrected chi connectivity index (χ1v) is 12.5. The van der Waals surface area contributed by atoms with Gasteiger partial charge in [-0.2, -0.15) is 9.36 Å². The summed E-state index contributed by atoms with van der Waals surface area (Å²) in [5.41, 5.74) is -1.23. The van der Waals surface area contributed by atoms with Crippen LogP contribution < -0.4 is 5.32 Å². The van der Waals surface area contributed by atoms with E-state index in [2.05, 4.69) is 19.8 Å². The molecule has 12 heteroatoms. The van der Waals surface area contributed by atoms with Gasteiger partial charge in [0.1, 0.15) is 5.60 Å². The van der Waals surface area contributed by atoms with Crippen LogP contribution in [0.2, 0.25) is 0 Å². The number of hydrogen-bond donors (Lipinski definition) is 2. The lowest BCUT2D eigenvalue weighted by Crippen LogP contribution is -2.30. The molecule has 0 unspecified atom stereocenters. The molecule has 4 rings (SSSR count). The molecule has 1 aliphatic carbocycles. The lowest BCUT2D eigenvalue weighted by molar-refractivity contribution is -0.164. The summed E-state index contributed by atoms with van der Waals surface area (Å²) in [4.78, 5) is 46.4. The Kier molecular flexibility index (Phi) is 7.72. The number of amides is 1. The number of carboxylic acids is 1. The molecule has 1 amide bonds. The zero-order valence-corrected chi connectivity index (χ0v) is 21.7. The Bertz CT molecular complexity index is 1290. The van der Waals surface area contributed by atoms with Gasteiger partial charge in [0.2, 0.25) is 22.3 Å². The molecule has 2 aromatic carbocycles. The topological polar surface area (TPSA) is 149 Å². The van der Waals surface area contributed by atoms with Gasteiger partial charge in [0.15, 0.2) is 6.10 Å². The number of benzene rings is 2. The van der Waals surface area contributed by atoms with Crippen LogP contribution in [-0.2, 0) is 23.9 Å². The quantitative estimate of drug-likeness (QED) is 0.227. The van der Waals surface area contributed by atoms with E-state index in [9.17, 15) is 19.5 Å². The van der Waals surface area contributed by atoms with E-state index in [1.54, 1.807) is 20.8 Å². The van der Waals surface area contributed by atoms with Gasteiger partial charge in [-0.1, -0.05) is 65.8 Å². The molecule has 1 fully saturated rings. The summed E-state index contributed by atoms with van der Waals surface area (Å²) in [5.74, 6) is -2.42. The number of anilines is 1. The van der Waals surface area contributed by atoms with Crippen LogP contribution in [0.25, 0.3) is 0 Å². The van der Waals surface area contributed by atoms with Gasteiger partial charge in [-0.3, -0.25) is 5.32 Å². The summed E-state index contributed by atoms with van der Waals surface area (Å²) >= 11 is 0.744. The van der Waals surface area contributed by atoms with Gasteiger partial charge in [0, 0.05) is 24.4 Å². The molecule has 38 heavy (non-hydrogen) atoms. The third kappa shape index (κ3) is 6.71. The minimum absolute atomic E-state index is 0.0114. The van der Waals surface area contributed by atoms with Crippen molar-refractivity contribution in [2.75, 3.05) is 5.32 Å². The first-order chi connectivity index (χ1) is 18.1. The zero-order valence-electron chi connectivity index (χ0n) is 20.9. The predicted octanol–water partition coefficient (Wildman–Crippen LogP) is 4.56. The molecule has 2 N–H and O–H groups in total. The van der Waals surface area contributed by atoms with Crippen molar-refractivity contribution in [3.63, 3.8) is 0 Å². The summed E-state index contributed by atoms with van der Waals surface area (Å²) in [5, 5.41) is 15.8. The monoisotopic (exact) mass is 538 g/mol. The first kappa shape index (κ1) is 26.7. The molecule has 198 valence electrons. The summed E-state index contributed by atoms with van der Waals surface area (Å²) < 4.78 is 14.9. The van der Waals surface area contributed by atoms with Crippen LogP contribution in [0, 0.1) is 0 Å². The average molecular weight is 539 g/mol. The fourth-order valence-corrected chi connectivity index (χ4v) is 3.87. The number of nitrogens with zero attached hydrogens (tertiary/aromatic N) is 3. The molecule has 1 aliphatic rings. The number of carboxylic acid groups (broad SMARTS) is 1. The fraction of sp³-hybridized carbons (Fsp3) is 0.308. The van der Waals surface area contributed by atoms with E-state index in [1.165, 1.54) is 0 Å². The van der Waals surface area contributed by atoms with Crippen molar-refractivity contribution >= 4 is 40.4 Å². The zero-order chi connectivity index (χ0) is 27.3. The van der Waals surface area contributed by atoms with Crippen LogP contribution in [0.5, 0.6) is 0 Å². The summed E-state index contributed by atoms with van der Waals surface area (Å²) in [7, 11) is 0. The van der Waals surface area contributed by atoms with Crippen LogP contribution in [-0.4, -0.2) is 49.4 Å². The molecule has 3 aromatic rings. The smallest absolute Gasteiger partial charge is 0.414 e. The third-order valence-electron chi connectivity index (χ3n) is 5.27. The van der Waals surface area contributed by atoms with E-state index in [4.69, 9.17) is 14.3 Å². The van der Waals surface area contributed by atoms with E-state index >= 15 is 0 Å². The molecule has 0 saturated heterocycles. The Morgan fingerprint density at radius 3 is 2.11 bits per heavy atom. The SMILES string of the molecule is CC(C)(C)OC(=O)Nc1nc(/C(=N/OC2(C(=O)OC(c3ccccc3)c3ccccc3)CC2)C(=O)O)ns1. The predicted molar refractivity (Wildman–Crippen MR) is 138 cm³/mol. The summed E-state index contributed by atoms with van der Waals surface area (Å²) in [6.07, 6.45) is -0.852. The van der Waals surface area contributed by atoms with Gasteiger partial charge in [-0.05, 0) is 31.9 Å². The van der Waals surface area contributed by atoms with Crippen LogP contribution in [0.15, 0.2) is 65.8 Å². The molecule has 1 aromatic heterocycles. The van der Waals surface area contributed by atoms with Gasteiger partial charge in [0.05, 0.1) is 0 Å². The highest BCUT2D eigenvalue weighted by molar-refractivity contribution is 7.10. The maximum atomic E-state index is 13.2. The molecule has 0 spiro atoms. The van der Waals surface area contributed by atoms with Gasteiger partial charge < -0.3 is 19.4 Å². The number of carbonyl (C=O) groups excluding carboxylic acids is 2. The van der Waals surface area contributed by atoms with E-state index in [1.807, 2.05) is 60.7 Å². The maximum absolute atomic E-state index is 13.2. The lowest BCUT2D eigenvalue weighted by atomic mass is 10.0. The minimum atomic E-state index is -1.47. The van der Waals surface area contributed by atoms with Crippen LogP contribution in [0.1, 0.15) is 56.7 Å². The Hall–Kier alpha value is -4.32. The largest absolute Gasteiger partial charge is 0.476 e. The molecule has 11 nitrogen and oxygen atoms in total. The lowest BCUT2D eigenvalue weighted by Gasteiger charge is -2.21. The van der Waals surface area contributed by atoms with E-state index in [-0.39, 0.29) is 11.0 Å². The van der Waals surface area contributed by atoms with Gasteiger partial charge in [-0.25, -0.2) is 14.4 Å². The second kappa shape index (κ2) is 11.0. The maximum Gasteiger partial charge on any atom is 0.414 e. The van der Waals surface area contributed by atoms with Crippen LogP contribution in [0.4, 0.5) is 9.93 Å². The molecule has 0 aliphatic heterocycles. The van der Waals surface area contributed by atoms with E-state index < -0.39 is 41.0 Å². The Labute approximate surface area is 222 Å². The number of aliphatic carboxylic acids is 1. The Balaban J connectivity index is 1.49. The Morgan fingerprint density at radius 2 is 1.61 bits per heavy atom. The van der Waals surface area contributed by atoms with Crippen molar-refractivity contribution in [1.82, 2.24) is 9.36 Å². The number of esters is 1. The number of aromatic nitrogens is 2. The highest BCUT2D eigenvalue weighted by Gasteiger charge is 2.56. The van der Waals surface area contributed by atoms with Crippen molar-refractivity contribution in [2.24, 2.45) is 5.16 Å². The first-order valence-electron chi connectivity index (χ1n) is 11.7. The highest BCUT2D eigenvalue weighted by atomic mass is 32.1. The normalized spacial score (nSPS) is 14.5. The summed E-state index contributed by atoms with van der Waals surface area (Å²) in [6.45, 7) is 5.10. The standard InChI is InChI=1S/C26H26N4O7S/c1-25(2,3)36-24(34)28-23-27-20(30-38-23)18(21(31)32)29-37-26(14-15-26)22(33)35-19(16-10-6-4-7-11-16)17-12-8-5-9-13-17/h4-13,19H,14-15H2,1-3H3,(H,31,32)(H,27,28,30,34)/b29-18-. The summed E-state index contributed by atoms with van der Waals surface area (Å²) in [6, 6.07) is 18.5. The van der Waals surface area contributed by atoms with Crippen LogP contribution in [0.3, 0.4) is 0 Å². The van der Waals surface area contributed by atoms with Gasteiger partial charge >= 0.3 is 18.0 Å². The number of carbonyl (C=O) groups is 3. The fourth-order valence-electron chi connectivity index (χ4n) is 3.31. The highest BCUT2D eigenvalue weighted by Crippen LogP contribution is 2.43. The number of nitrogens with one attached hydrogen (secondary N) is 1. The van der Waals surface area contributed by atoms with E-state index in [0.29, 0.717) is 12.8 Å². The second-order valence-electron chi connectivity index (χ2n) is 9.49. The van der Waals surface area contributed by atoms with Crippen molar-refractivity contribution in [1.29, 1.82) is 0 Å². The molecule has 0 bridgehead atoms. The molecule has 1 saturated carbocycles. The van der Waals surface area contributed by atoms with Crippen LogP contribution >= 0.6 is 11.5 Å². The third-order valence-corrected chi connectivity index (χ3v) is 5.90. The molecule has 0 radical (unpaired) electrons. The molecule has 1 heterocycles. The number of rotatable bonds is 9. The molecule has 0 atom stereocenters. The molecular formula is C26H26N4O7S. The number of oxime groups is 1.